The van der Waals surface area contributed by atoms with Crippen LogP contribution in [0.15, 0.2) is 52.8 Å². The number of nitriles is 1. The maximum atomic E-state index is 12.3. The Kier molecular flexibility index (Phi) is 6.37. The number of carbonyl (C=O) groups excluding carboxylic acids is 1. The zero-order valence-corrected chi connectivity index (χ0v) is 15.1. The first-order chi connectivity index (χ1) is 12.1. The van der Waals surface area contributed by atoms with Crippen molar-refractivity contribution in [1.82, 2.24) is 4.98 Å². The van der Waals surface area contributed by atoms with Crippen LogP contribution in [-0.4, -0.2) is 25.1 Å². The Hall–Kier alpha value is -3.05. The number of anilines is 2. The van der Waals surface area contributed by atoms with Gasteiger partial charge in [0, 0.05) is 22.9 Å². The van der Waals surface area contributed by atoms with Crippen molar-refractivity contribution in [3.63, 3.8) is 0 Å². The molecule has 1 aromatic heterocycles. The Labute approximate surface area is 153 Å². The lowest BCUT2D eigenvalue weighted by molar-refractivity contribution is -0.112. The molecule has 128 valence electrons. The molecule has 0 aliphatic carbocycles. The number of carbonyl (C=O) groups is 1. The molecule has 1 heterocycles. The maximum absolute atomic E-state index is 12.3. The summed E-state index contributed by atoms with van der Waals surface area (Å²) in [6, 6.07) is 10.3. The summed E-state index contributed by atoms with van der Waals surface area (Å²) >= 11 is 3.28. The summed E-state index contributed by atoms with van der Waals surface area (Å²) in [6.07, 6.45) is 2.89. The van der Waals surface area contributed by atoms with Gasteiger partial charge in [-0.05, 0) is 40.2 Å². The molecule has 0 spiro atoms. The summed E-state index contributed by atoms with van der Waals surface area (Å²) in [5.74, 6) is 0.922. The predicted octanol–water partition coefficient (Wildman–Crippen LogP) is 3.32. The average Bonchev–Trinajstić information content (AvgIpc) is 2.63. The highest BCUT2D eigenvalue weighted by Crippen LogP contribution is 2.29. The van der Waals surface area contributed by atoms with Gasteiger partial charge in [-0.25, -0.2) is 4.98 Å². The molecular weight excluding hydrogens is 388 g/mol. The number of aromatic nitrogens is 1. The van der Waals surface area contributed by atoms with E-state index in [0.717, 1.165) is 4.47 Å². The van der Waals surface area contributed by atoms with E-state index in [1.165, 1.54) is 20.4 Å². The molecule has 0 saturated carbocycles. The molecule has 0 saturated heterocycles. The van der Waals surface area contributed by atoms with Gasteiger partial charge in [-0.15, -0.1) is 0 Å². The second kappa shape index (κ2) is 8.70. The van der Waals surface area contributed by atoms with E-state index in [-0.39, 0.29) is 5.57 Å². The molecule has 0 bridgehead atoms. The van der Waals surface area contributed by atoms with Crippen LogP contribution < -0.4 is 20.1 Å². The van der Waals surface area contributed by atoms with E-state index < -0.39 is 5.91 Å². The number of rotatable bonds is 6. The Morgan fingerprint density at radius 1 is 1.28 bits per heavy atom. The number of benzene rings is 1. The van der Waals surface area contributed by atoms with Gasteiger partial charge in [0.05, 0.1) is 19.9 Å². The minimum absolute atomic E-state index is 0.116. The van der Waals surface area contributed by atoms with Gasteiger partial charge in [-0.3, -0.25) is 4.79 Å². The number of pyridine rings is 1. The topological polar surface area (TPSA) is 96.3 Å². The molecule has 7 nitrogen and oxygen atoms in total. The van der Waals surface area contributed by atoms with E-state index in [4.69, 9.17) is 9.47 Å². The van der Waals surface area contributed by atoms with Gasteiger partial charge in [-0.1, -0.05) is 0 Å². The van der Waals surface area contributed by atoms with Crippen molar-refractivity contribution in [3.8, 4) is 17.6 Å². The summed E-state index contributed by atoms with van der Waals surface area (Å²) in [7, 11) is 3.00. The number of hydrogen-bond donors (Lipinski definition) is 2. The van der Waals surface area contributed by atoms with Gasteiger partial charge in [0.2, 0.25) is 0 Å². The number of ether oxygens (including phenoxy) is 2. The lowest BCUT2D eigenvalue weighted by Gasteiger charge is -2.11. The van der Waals surface area contributed by atoms with E-state index in [0.29, 0.717) is 23.0 Å². The highest BCUT2D eigenvalue weighted by atomic mass is 79.9. The number of methoxy groups -OCH3 is 2. The molecule has 1 aromatic carbocycles. The van der Waals surface area contributed by atoms with Crippen LogP contribution in [0.4, 0.5) is 11.5 Å². The summed E-state index contributed by atoms with van der Waals surface area (Å²) in [5.41, 5.74) is 0.282. The van der Waals surface area contributed by atoms with E-state index in [2.05, 4.69) is 31.5 Å². The second-order valence-corrected chi connectivity index (χ2v) is 5.61. The Morgan fingerprint density at radius 2 is 2.08 bits per heavy atom. The van der Waals surface area contributed by atoms with Crippen molar-refractivity contribution in [2.24, 2.45) is 0 Å². The van der Waals surface area contributed by atoms with Crippen LogP contribution in [0.1, 0.15) is 0 Å². The van der Waals surface area contributed by atoms with Gasteiger partial charge in [0.1, 0.15) is 29.0 Å². The first-order valence-corrected chi connectivity index (χ1v) is 7.88. The fraction of sp³-hybridized carbons (Fsp3) is 0.118. The van der Waals surface area contributed by atoms with Crippen LogP contribution in [-0.2, 0) is 4.79 Å². The SMILES string of the molecule is COc1ccc(OC)c(NC(=O)/C(C#N)=C\Nc2ccc(Br)cn2)c1. The Bertz CT molecular complexity index is 829. The fourth-order valence-electron chi connectivity index (χ4n) is 1.86. The minimum Gasteiger partial charge on any atom is -0.497 e. The quantitative estimate of drug-likeness (QED) is 0.568. The van der Waals surface area contributed by atoms with Crippen molar-refractivity contribution < 1.29 is 14.3 Å². The Balaban J connectivity index is 2.16. The van der Waals surface area contributed by atoms with Crippen molar-refractivity contribution in [2.75, 3.05) is 24.9 Å². The number of nitrogens with zero attached hydrogens (tertiary/aromatic N) is 2. The molecule has 25 heavy (non-hydrogen) atoms. The highest BCUT2D eigenvalue weighted by molar-refractivity contribution is 9.10. The molecule has 0 aliphatic rings. The van der Waals surface area contributed by atoms with Crippen LogP contribution in [0.2, 0.25) is 0 Å². The van der Waals surface area contributed by atoms with Gasteiger partial charge in [0.15, 0.2) is 0 Å². The third-order valence-corrected chi connectivity index (χ3v) is 3.58. The van der Waals surface area contributed by atoms with E-state index in [1.54, 1.807) is 36.5 Å². The third-order valence-electron chi connectivity index (χ3n) is 3.11. The average molecular weight is 403 g/mol. The molecular formula is C17H15BrN4O3. The van der Waals surface area contributed by atoms with E-state index in [1.807, 2.05) is 6.07 Å². The summed E-state index contributed by atoms with van der Waals surface area (Å²) < 4.78 is 11.1. The standard InChI is InChI=1S/C17H15BrN4O3/c1-24-13-4-5-15(25-2)14(7-13)22-17(23)11(8-19)9-20-16-6-3-12(18)10-21-16/h3-7,9-10H,1-2H3,(H,20,21)(H,22,23)/b11-9-. The predicted molar refractivity (Wildman–Crippen MR) is 97.4 cm³/mol. The van der Waals surface area contributed by atoms with Crippen molar-refractivity contribution in [1.29, 1.82) is 5.26 Å². The molecule has 0 unspecified atom stereocenters. The van der Waals surface area contributed by atoms with Crippen molar-refractivity contribution >= 4 is 33.3 Å². The maximum Gasteiger partial charge on any atom is 0.267 e. The summed E-state index contributed by atoms with van der Waals surface area (Å²) in [6.45, 7) is 0. The lowest BCUT2D eigenvalue weighted by Crippen LogP contribution is -2.15. The molecule has 8 heteroatoms. The fourth-order valence-corrected chi connectivity index (χ4v) is 2.09. The van der Waals surface area contributed by atoms with Gasteiger partial charge < -0.3 is 20.1 Å². The Morgan fingerprint density at radius 3 is 2.68 bits per heavy atom. The van der Waals surface area contributed by atoms with Gasteiger partial charge in [-0.2, -0.15) is 5.26 Å². The van der Waals surface area contributed by atoms with Crippen LogP contribution in [0.25, 0.3) is 0 Å². The van der Waals surface area contributed by atoms with Crippen molar-refractivity contribution in [3.05, 3.63) is 52.8 Å². The minimum atomic E-state index is -0.585. The molecule has 2 N–H and O–H groups in total. The van der Waals surface area contributed by atoms with Gasteiger partial charge in [0.25, 0.3) is 5.91 Å². The zero-order chi connectivity index (χ0) is 18.2. The summed E-state index contributed by atoms with van der Waals surface area (Å²) in [5, 5.41) is 14.7. The number of amides is 1. The lowest BCUT2D eigenvalue weighted by atomic mass is 10.2. The summed E-state index contributed by atoms with van der Waals surface area (Å²) in [4.78, 5) is 16.4. The van der Waals surface area contributed by atoms with Crippen LogP contribution in [0, 0.1) is 11.3 Å². The number of halogens is 1. The molecule has 1 amide bonds. The smallest absolute Gasteiger partial charge is 0.267 e. The van der Waals surface area contributed by atoms with Gasteiger partial charge >= 0.3 is 0 Å². The first kappa shape index (κ1) is 18.3. The molecule has 0 aliphatic heterocycles. The zero-order valence-electron chi connectivity index (χ0n) is 13.5. The molecule has 0 atom stereocenters. The highest BCUT2D eigenvalue weighted by Gasteiger charge is 2.13. The van der Waals surface area contributed by atoms with Crippen molar-refractivity contribution in [2.45, 2.75) is 0 Å². The molecule has 0 radical (unpaired) electrons. The van der Waals surface area contributed by atoms with Crippen LogP contribution in [0.3, 0.4) is 0 Å². The molecule has 0 fully saturated rings. The number of nitrogens with one attached hydrogen (secondary N) is 2. The third kappa shape index (κ3) is 4.96. The second-order valence-electron chi connectivity index (χ2n) is 4.70. The molecule has 2 aromatic rings. The van der Waals surface area contributed by atoms with E-state index in [9.17, 15) is 10.1 Å². The molecule has 2 rings (SSSR count). The monoisotopic (exact) mass is 402 g/mol. The first-order valence-electron chi connectivity index (χ1n) is 7.09. The normalized spacial score (nSPS) is 10.6. The van der Waals surface area contributed by atoms with Crippen LogP contribution >= 0.6 is 15.9 Å². The largest absolute Gasteiger partial charge is 0.497 e. The van der Waals surface area contributed by atoms with E-state index >= 15 is 0 Å². The number of hydrogen-bond acceptors (Lipinski definition) is 6. The van der Waals surface area contributed by atoms with Crippen LogP contribution in [0.5, 0.6) is 11.5 Å².